The fourth-order valence-electron chi connectivity index (χ4n) is 3.50. The number of nitrogens with zero attached hydrogens (tertiary/aromatic N) is 2. The first-order chi connectivity index (χ1) is 13.1. The van der Waals surface area contributed by atoms with Gasteiger partial charge in [0.15, 0.2) is 0 Å². The van der Waals surface area contributed by atoms with Gasteiger partial charge in [-0.25, -0.2) is 0 Å². The zero-order valence-electron chi connectivity index (χ0n) is 14.6. The van der Waals surface area contributed by atoms with E-state index >= 15 is 0 Å². The van der Waals surface area contributed by atoms with Gasteiger partial charge in [0.2, 0.25) is 5.91 Å². The number of anilines is 1. The van der Waals surface area contributed by atoms with Crippen molar-refractivity contribution in [2.24, 2.45) is 0 Å². The highest BCUT2D eigenvalue weighted by molar-refractivity contribution is 6.32. The van der Waals surface area contributed by atoms with Crippen LogP contribution in [-0.4, -0.2) is 34.3 Å². The summed E-state index contributed by atoms with van der Waals surface area (Å²) in [5.74, 6) is -0.340. The topological polar surface area (TPSA) is 62.3 Å². The Labute approximate surface area is 162 Å². The molecule has 5 nitrogen and oxygen atoms in total. The zero-order valence-corrected chi connectivity index (χ0v) is 15.3. The number of benzene rings is 2. The van der Waals surface area contributed by atoms with Crippen LogP contribution in [0.2, 0.25) is 5.02 Å². The third-order valence-electron chi connectivity index (χ3n) is 4.76. The van der Waals surface area contributed by atoms with Crippen molar-refractivity contribution in [1.82, 2.24) is 9.88 Å². The van der Waals surface area contributed by atoms with Gasteiger partial charge in [-0.2, -0.15) is 0 Å². The van der Waals surface area contributed by atoms with Crippen molar-refractivity contribution in [3.63, 3.8) is 0 Å². The van der Waals surface area contributed by atoms with Gasteiger partial charge in [0.25, 0.3) is 5.91 Å². The quantitative estimate of drug-likeness (QED) is 0.744. The largest absolute Gasteiger partial charge is 0.327 e. The number of likely N-dealkylation sites (tertiary alicyclic amines) is 1. The summed E-state index contributed by atoms with van der Waals surface area (Å²) in [6.45, 7) is 0.570. The van der Waals surface area contributed by atoms with E-state index in [-0.39, 0.29) is 11.8 Å². The predicted molar refractivity (Wildman–Crippen MR) is 106 cm³/mol. The third-order valence-corrected chi connectivity index (χ3v) is 4.98. The number of fused-ring (bicyclic) bond motifs is 1. The Balaban J connectivity index is 1.59. The Kier molecular flexibility index (Phi) is 4.77. The molecule has 1 fully saturated rings. The molecule has 0 radical (unpaired) electrons. The van der Waals surface area contributed by atoms with E-state index in [4.69, 9.17) is 11.6 Å². The molecule has 1 N–H and O–H groups in total. The van der Waals surface area contributed by atoms with Crippen molar-refractivity contribution in [3.8, 4) is 0 Å². The average Bonchev–Trinajstić information content (AvgIpc) is 3.18. The van der Waals surface area contributed by atoms with Crippen LogP contribution in [-0.2, 0) is 4.79 Å². The van der Waals surface area contributed by atoms with E-state index in [1.165, 1.54) is 0 Å². The van der Waals surface area contributed by atoms with E-state index in [0.29, 0.717) is 34.8 Å². The van der Waals surface area contributed by atoms with Gasteiger partial charge in [0.05, 0.1) is 11.2 Å². The molecule has 1 aromatic heterocycles. The lowest BCUT2D eigenvalue weighted by Crippen LogP contribution is -2.43. The maximum Gasteiger partial charge on any atom is 0.254 e. The molecule has 136 valence electrons. The summed E-state index contributed by atoms with van der Waals surface area (Å²) in [5.41, 5.74) is 1.82. The minimum absolute atomic E-state index is 0.123. The van der Waals surface area contributed by atoms with Crippen LogP contribution in [0.15, 0.2) is 60.8 Å². The Hall–Kier alpha value is -2.92. The highest BCUT2D eigenvalue weighted by Gasteiger charge is 2.34. The SMILES string of the molecule is O=C(Nc1cc(Cl)cc2cccnc12)[C@H]1CCCN1C(=O)c1ccccc1. The molecular formula is C21H18ClN3O2. The first kappa shape index (κ1) is 17.5. The molecule has 6 heteroatoms. The van der Waals surface area contributed by atoms with Gasteiger partial charge in [-0.3, -0.25) is 14.6 Å². The predicted octanol–water partition coefficient (Wildman–Crippen LogP) is 4.13. The minimum Gasteiger partial charge on any atom is -0.327 e. The van der Waals surface area contributed by atoms with Crippen molar-refractivity contribution >= 4 is 40.0 Å². The summed E-state index contributed by atoms with van der Waals surface area (Å²) >= 11 is 6.18. The lowest BCUT2D eigenvalue weighted by molar-refractivity contribution is -0.119. The summed E-state index contributed by atoms with van der Waals surface area (Å²) < 4.78 is 0. The van der Waals surface area contributed by atoms with Gasteiger partial charge in [-0.05, 0) is 43.2 Å². The van der Waals surface area contributed by atoms with Crippen molar-refractivity contribution in [3.05, 3.63) is 71.4 Å². The number of nitrogens with one attached hydrogen (secondary N) is 1. The van der Waals surface area contributed by atoms with Gasteiger partial charge in [0.1, 0.15) is 6.04 Å². The second-order valence-corrected chi connectivity index (χ2v) is 6.98. The summed E-state index contributed by atoms with van der Waals surface area (Å²) in [6, 6.07) is 15.7. The smallest absolute Gasteiger partial charge is 0.254 e. The molecule has 0 saturated carbocycles. The van der Waals surface area contributed by atoms with Crippen molar-refractivity contribution < 1.29 is 9.59 Å². The van der Waals surface area contributed by atoms with E-state index in [9.17, 15) is 9.59 Å². The molecule has 4 rings (SSSR count). The molecule has 1 aliphatic rings. The number of halogens is 1. The van der Waals surface area contributed by atoms with E-state index in [2.05, 4.69) is 10.3 Å². The first-order valence-electron chi connectivity index (χ1n) is 8.84. The minimum atomic E-state index is -0.504. The number of amides is 2. The van der Waals surface area contributed by atoms with Crippen LogP contribution in [0.25, 0.3) is 10.9 Å². The number of carbonyl (C=O) groups excluding carboxylic acids is 2. The van der Waals surface area contributed by atoms with Crippen LogP contribution >= 0.6 is 11.6 Å². The number of hydrogen-bond acceptors (Lipinski definition) is 3. The van der Waals surface area contributed by atoms with E-state index in [0.717, 1.165) is 11.8 Å². The number of aromatic nitrogens is 1. The standard InChI is InChI=1S/C21H18ClN3O2/c22-16-12-15-8-4-10-23-19(15)17(13-16)24-20(26)18-9-5-11-25(18)21(27)14-6-2-1-3-7-14/h1-4,6-8,10,12-13,18H,5,9,11H2,(H,24,26)/t18-/m1/s1. The highest BCUT2D eigenvalue weighted by atomic mass is 35.5. The summed E-state index contributed by atoms with van der Waals surface area (Å²) in [7, 11) is 0. The third kappa shape index (κ3) is 3.51. The van der Waals surface area contributed by atoms with Gasteiger partial charge in [-0.1, -0.05) is 35.9 Å². The fraction of sp³-hybridized carbons (Fsp3) is 0.190. The highest BCUT2D eigenvalue weighted by Crippen LogP contribution is 2.28. The number of hydrogen-bond donors (Lipinski definition) is 1. The number of rotatable bonds is 3. The maximum atomic E-state index is 12.9. The molecule has 0 bridgehead atoms. The monoisotopic (exact) mass is 379 g/mol. The average molecular weight is 380 g/mol. The van der Waals surface area contributed by atoms with Crippen LogP contribution in [0.1, 0.15) is 23.2 Å². The van der Waals surface area contributed by atoms with Crippen LogP contribution < -0.4 is 5.32 Å². The summed E-state index contributed by atoms with van der Waals surface area (Å²) in [5, 5.41) is 4.30. The Morgan fingerprint density at radius 3 is 2.74 bits per heavy atom. The summed E-state index contributed by atoms with van der Waals surface area (Å²) in [4.78, 5) is 31.7. The first-order valence-corrected chi connectivity index (χ1v) is 9.22. The molecule has 3 aromatic rings. The van der Waals surface area contributed by atoms with Crippen molar-refractivity contribution in [2.75, 3.05) is 11.9 Å². The van der Waals surface area contributed by atoms with Crippen molar-refractivity contribution in [2.45, 2.75) is 18.9 Å². The number of carbonyl (C=O) groups is 2. The van der Waals surface area contributed by atoms with Gasteiger partial charge >= 0.3 is 0 Å². The van der Waals surface area contributed by atoms with E-state index < -0.39 is 6.04 Å². The maximum absolute atomic E-state index is 12.9. The molecule has 0 spiro atoms. The molecule has 2 amide bonds. The second kappa shape index (κ2) is 7.37. The molecule has 1 saturated heterocycles. The molecule has 0 unspecified atom stereocenters. The van der Waals surface area contributed by atoms with E-state index in [1.807, 2.05) is 30.3 Å². The van der Waals surface area contributed by atoms with Gasteiger partial charge in [-0.15, -0.1) is 0 Å². The lowest BCUT2D eigenvalue weighted by Gasteiger charge is -2.24. The summed E-state index contributed by atoms with van der Waals surface area (Å²) in [6.07, 6.45) is 3.11. The molecule has 2 heterocycles. The normalized spacial score (nSPS) is 16.5. The molecular weight excluding hydrogens is 362 g/mol. The Morgan fingerprint density at radius 1 is 1.11 bits per heavy atom. The Bertz CT molecular complexity index is 1010. The Morgan fingerprint density at radius 2 is 1.93 bits per heavy atom. The van der Waals surface area contributed by atoms with Crippen LogP contribution in [0.4, 0.5) is 5.69 Å². The zero-order chi connectivity index (χ0) is 18.8. The fourth-order valence-corrected chi connectivity index (χ4v) is 3.72. The molecule has 27 heavy (non-hydrogen) atoms. The number of pyridine rings is 1. The molecule has 0 aliphatic carbocycles. The van der Waals surface area contributed by atoms with Crippen LogP contribution in [0, 0.1) is 0 Å². The van der Waals surface area contributed by atoms with Crippen molar-refractivity contribution in [1.29, 1.82) is 0 Å². The second-order valence-electron chi connectivity index (χ2n) is 6.54. The molecule has 1 aliphatic heterocycles. The van der Waals surface area contributed by atoms with Crippen LogP contribution in [0.3, 0.4) is 0 Å². The van der Waals surface area contributed by atoms with Crippen LogP contribution in [0.5, 0.6) is 0 Å². The van der Waals surface area contributed by atoms with Gasteiger partial charge in [0, 0.05) is 28.7 Å². The van der Waals surface area contributed by atoms with E-state index in [1.54, 1.807) is 35.4 Å². The molecule has 1 atom stereocenters. The van der Waals surface area contributed by atoms with Gasteiger partial charge < -0.3 is 10.2 Å². The molecule has 2 aromatic carbocycles. The lowest BCUT2D eigenvalue weighted by atomic mass is 10.1.